The van der Waals surface area contributed by atoms with Crippen molar-refractivity contribution in [3.05, 3.63) is 46.6 Å². The number of hydrogen-bond acceptors (Lipinski definition) is 5. The number of fused-ring (bicyclic) bond motifs is 1. The molecule has 0 saturated heterocycles. The zero-order valence-corrected chi connectivity index (χ0v) is 18.9. The van der Waals surface area contributed by atoms with Gasteiger partial charge in [-0.15, -0.1) is 0 Å². The predicted molar refractivity (Wildman–Crippen MR) is 120 cm³/mol. The van der Waals surface area contributed by atoms with Gasteiger partial charge in [-0.3, -0.25) is 4.79 Å². The third-order valence-electron chi connectivity index (χ3n) is 5.34. The van der Waals surface area contributed by atoms with Gasteiger partial charge in [0, 0.05) is 31.2 Å². The topological polar surface area (TPSA) is 69.0 Å². The molecular formula is C23H25F3N4OS. The van der Waals surface area contributed by atoms with Crippen LogP contribution in [0.15, 0.2) is 29.3 Å². The standard InChI is InChI=1S/C23H25F3N4OS/c1-30(2)16-11-9-15(10-12-16)28-20(31)14-32-22-18(13-27)21(23(24,25)26)17-7-5-3-4-6-8-19(17)29-22/h9-12H,3-8,14H2,1-2H3,(H,28,31). The Hall–Kier alpha value is -2.73. The number of pyridine rings is 1. The Balaban J connectivity index is 1.83. The van der Waals surface area contributed by atoms with Gasteiger partial charge in [0.25, 0.3) is 0 Å². The molecule has 0 spiro atoms. The van der Waals surface area contributed by atoms with E-state index in [4.69, 9.17) is 0 Å². The number of carbonyl (C=O) groups excluding carboxylic acids is 1. The van der Waals surface area contributed by atoms with E-state index in [1.807, 2.05) is 31.1 Å². The molecule has 170 valence electrons. The van der Waals surface area contributed by atoms with E-state index in [9.17, 15) is 23.2 Å². The number of carbonyl (C=O) groups is 1. The van der Waals surface area contributed by atoms with Gasteiger partial charge >= 0.3 is 6.18 Å². The highest BCUT2D eigenvalue weighted by atomic mass is 32.2. The molecular weight excluding hydrogens is 437 g/mol. The molecule has 5 nitrogen and oxygen atoms in total. The minimum Gasteiger partial charge on any atom is -0.378 e. The Morgan fingerprint density at radius 3 is 2.41 bits per heavy atom. The van der Waals surface area contributed by atoms with Gasteiger partial charge in [0.15, 0.2) is 0 Å². The Morgan fingerprint density at radius 2 is 1.81 bits per heavy atom. The summed E-state index contributed by atoms with van der Waals surface area (Å²) < 4.78 is 41.8. The number of hydrogen-bond donors (Lipinski definition) is 1. The normalized spacial score (nSPS) is 14.0. The molecule has 0 atom stereocenters. The zero-order valence-electron chi connectivity index (χ0n) is 18.1. The molecule has 1 aliphatic rings. The smallest absolute Gasteiger partial charge is 0.378 e. The van der Waals surface area contributed by atoms with E-state index < -0.39 is 17.3 Å². The van der Waals surface area contributed by atoms with Crippen molar-refractivity contribution < 1.29 is 18.0 Å². The molecule has 9 heteroatoms. The number of aromatic nitrogens is 1. The number of aryl methyl sites for hydroxylation is 1. The minimum absolute atomic E-state index is 0.0303. The number of alkyl halides is 3. The molecule has 1 aromatic heterocycles. The van der Waals surface area contributed by atoms with Crippen LogP contribution in [0.25, 0.3) is 0 Å². The molecule has 0 bridgehead atoms. The van der Waals surface area contributed by atoms with Gasteiger partial charge in [-0.1, -0.05) is 24.6 Å². The number of nitriles is 1. The highest BCUT2D eigenvalue weighted by Gasteiger charge is 2.39. The van der Waals surface area contributed by atoms with E-state index >= 15 is 0 Å². The molecule has 32 heavy (non-hydrogen) atoms. The number of thioether (sulfide) groups is 1. The van der Waals surface area contributed by atoms with Crippen LogP contribution in [0, 0.1) is 11.3 Å². The van der Waals surface area contributed by atoms with Crippen LogP contribution >= 0.6 is 11.8 Å². The lowest BCUT2D eigenvalue weighted by atomic mass is 9.91. The summed E-state index contributed by atoms with van der Waals surface area (Å²) in [6, 6.07) is 8.92. The van der Waals surface area contributed by atoms with Crippen LogP contribution in [0.2, 0.25) is 0 Å². The monoisotopic (exact) mass is 462 g/mol. The van der Waals surface area contributed by atoms with E-state index in [0.717, 1.165) is 36.7 Å². The molecule has 0 radical (unpaired) electrons. The summed E-state index contributed by atoms with van der Waals surface area (Å²) in [4.78, 5) is 18.8. The summed E-state index contributed by atoms with van der Waals surface area (Å²) in [5, 5.41) is 12.3. The van der Waals surface area contributed by atoms with E-state index in [1.165, 1.54) is 0 Å². The second-order valence-corrected chi connectivity index (χ2v) is 8.86. The number of amides is 1. The molecule has 1 aliphatic carbocycles. The van der Waals surface area contributed by atoms with E-state index in [-0.39, 0.29) is 28.7 Å². The molecule has 1 aromatic carbocycles. The van der Waals surface area contributed by atoms with Gasteiger partial charge < -0.3 is 10.2 Å². The average Bonchev–Trinajstić information content (AvgIpc) is 2.72. The van der Waals surface area contributed by atoms with Gasteiger partial charge in [0.1, 0.15) is 11.1 Å². The number of nitrogens with zero attached hydrogens (tertiary/aromatic N) is 3. The molecule has 0 saturated carbocycles. The molecule has 2 aromatic rings. The summed E-state index contributed by atoms with van der Waals surface area (Å²) in [5.74, 6) is -0.522. The van der Waals surface area contributed by atoms with E-state index in [2.05, 4.69) is 10.3 Å². The summed E-state index contributed by atoms with van der Waals surface area (Å²) in [5.41, 5.74) is 0.741. The van der Waals surface area contributed by atoms with Gasteiger partial charge in [-0.25, -0.2) is 4.98 Å². The van der Waals surface area contributed by atoms with Crippen molar-refractivity contribution in [2.24, 2.45) is 0 Å². The zero-order chi connectivity index (χ0) is 23.3. The minimum atomic E-state index is -4.65. The van der Waals surface area contributed by atoms with Crippen molar-refractivity contribution >= 4 is 29.0 Å². The number of halogens is 3. The van der Waals surface area contributed by atoms with Gasteiger partial charge in [-0.2, -0.15) is 18.4 Å². The molecule has 0 aliphatic heterocycles. The Kier molecular flexibility index (Phi) is 7.67. The van der Waals surface area contributed by atoms with E-state index in [1.54, 1.807) is 18.2 Å². The fraction of sp³-hybridized carbons (Fsp3) is 0.435. The summed E-state index contributed by atoms with van der Waals surface area (Å²) in [6.45, 7) is 0. The third kappa shape index (κ3) is 5.74. The lowest BCUT2D eigenvalue weighted by Gasteiger charge is -2.21. The molecule has 3 rings (SSSR count). The van der Waals surface area contributed by atoms with Crippen LogP contribution in [0.1, 0.15) is 48.1 Å². The first-order valence-corrected chi connectivity index (χ1v) is 11.4. The fourth-order valence-corrected chi connectivity index (χ4v) is 4.57. The molecule has 1 heterocycles. The van der Waals surface area contributed by atoms with Gasteiger partial charge in [0.2, 0.25) is 5.91 Å². The first-order valence-electron chi connectivity index (χ1n) is 10.4. The Labute approximate surface area is 190 Å². The van der Waals surface area contributed by atoms with Gasteiger partial charge in [0.05, 0.1) is 16.9 Å². The van der Waals surface area contributed by atoms with Crippen LogP contribution in [-0.4, -0.2) is 30.7 Å². The molecule has 0 unspecified atom stereocenters. The largest absolute Gasteiger partial charge is 0.418 e. The number of nitrogens with one attached hydrogen (secondary N) is 1. The van der Waals surface area contributed by atoms with Crippen LogP contribution in [0.3, 0.4) is 0 Å². The summed E-state index contributed by atoms with van der Waals surface area (Å²) in [7, 11) is 3.81. The van der Waals surface area contributed by atoms with Crippen molar-refractivity contribution in [2.75, 3.05) is 30.1 Å². The molecule has 1 N–H and O–H groups in total. The second kappa shape index (κ2) is 10.3. The van der Waals surface area contributed by atoms with Crippen molar-refractivity contribution in [1.29, 1.82) is 5.26 Å². The summed E-state index contributed by atoms with van der Waals surface area (Å²) >= 11 is 0.868. The van der Waals surface area contributed by atoms with Crippen LogP contribution in [-0.2, 0) is 23.8 Å². The maximum absolute atomic E-state index is 13.9. The second-order valence-electron chi connectivity index (χ2n) is 7.89. The average molecular weight is 463 g/mol. The highest BCUT2D eigenvalue weighted by Crippen LogP contribution is 2.40. The third-order valence-corrected chi connectivity index (χ3v) is 6.32. The quantitative estimate of drug-likeness (QED) is 0.601. The van der Waals surface area contributed by atoms with Crippen molar-refractivity contribution in [3.63, 3.8) is 0 Å². The lowest BCUT2D eigenvalue weighted by Crippen LogP contribution is -2.19. The van der Waals surface area contributed by atoms with Crippen molar-refractivity contribution in [1.82, 2.24) is 4.98 Å². The van der Waals surface area contributed by atoms with Gasteiger partial charge in [-0.05, 0) is 55.5 Å². The van der Waals surface area contributed by atoms with Crippen molar-refractivity contribution in [2.45, 2.75) is 49.7 Å². The summed E-state index contributed by atoms with van der Waals surface area (Å²) in [6.07, 6.45) is -0.725. The fourth-order valence-electron chi connectivity index (χ4n) is 3.77. The van der Waals surface area contributed by atoms with Crippen molar-refractivity contribution in [3.8, 4) is 6.07 Å². The number of anilines is 2. The highest BCUT2D eigenvalue weighted by molar-refractivity contribution is 8.00. The lowest BCUT2D eigenvalue weighted by molar-refractivity contribution is -0.138. The number of benzene rings is 1. The number of rotatable bonds is 5. The molecule has 1 amide bonds. The predicted octanol–water partition coefficient (Wildman–Crippen LogP) is 5.43. The SMILES string of the molecule is CN(C)c1ccc(NC(=O)CSc2nc3c(c(C(F)(F)F)c2C#N)CCCCCC3)cc1. The van der Waals surface area contributed by atoms with Crippen LogP contribution < -0.4 is 10.2 Å². The molecule has 0 fully saturated rings. The first-order chi connectivity index (χ1) is 15.2. The maximum Gasteiger partial charge on any atom is 0.418 e. The first kappa shape index (κ1) is 23.9. The maximum atomic E-state index is 13.9. The Bertz CT molecular complexity index is 1010. The van der Waals surface area contributed by atoms with Crippen LogP contribution in [0.5, 0.6) is 0 Å². The Morgan fingerprint density at radius 1 is 1.16 bits per heavy atom. The van der Waals surface area contributed by atoms with Crippen LogP contribution in [0.4, 0.5) is 24.5 Å². The van der Waals surface area contributed by atoms with E-state index in [0.29, 0.717) is 24.2 Å².